The summed E-state index contributed by atoms with van der Waals surface area (Å²) < 4.78 is 0. The lowest BCUT2D eigenvalue weighted by molar-refractivity contribution is -0.120. The lowest BCUT2D eigenvalue weighted by Gasteiger charge is -2.07. The monoisotopic (exact) mass is 326 g/mol. The van der Waals surface area contributed by atoms with E-state index >= 15 is 0 Å². The number of hydrogen-bond donors (Lipinski definition) is 1. The number of nitriles is 1. The molecule has 0 aromatic heterocycles. The van der Waals surface area contributed by atoms with Gasteiger partial charge in [-0.3, -0.25) is 4.79 Å². The first-order chi connectivity index (χ1) is 12.2. The van der Waals surface area contributed by atoms with E-state index < -0.39 is 0 Å². The molecule has 3 aromatic carbocycles. The highest BCUT2D eigenvalue weighted by Gasteiger charge is 2.04. The smallest absolute Gasteiger partial charge is 0.224 e. The van der Waals surface area contributed by atoms with Crippen LogP contribution in [-0.2, 0) is 17.8 Å². The van der Waals surface area contributed by atoms with Crippen molar-refractivity contribution in [3.05, 3.63) is 95.6 Å². The average molecular weight is 326 g/mol. The fourth-order valence-electron chi connectivity index (χ4n) is 2.59. The van der Waals surface area contributed by atoms with Crippen molar-refractivity contribution >= 4 is 5.91 Å². The van der Waals surface area contributed by atoms with Gasteiger partial charge < -0.3 is 5.32 Å². The second-order valence-electron chi connectivity index (χ2n) is 5.83. The zero-order valence-electron chi connectivity index (χ0n) is 13.8. The molecule has 0 atom stereocenters. The third kappa shape index (κ3) is 4.55. The molecule has 0 bridgehead atoms. The number of carbonyl (C=O) groups excluding carboxylic acids is 1. The van der Waals surface area contributed by atoms with Crippen molar-refractivity contribution < 1.29 is 4.79 Å². The standard InChI is InChI=1S/C22H18N2O/c23-15-18-6-8-19(9-7-18)16-24-22(25)14-17-10-12-21(13-11-17)20-4-2-1-3-5-20/h1-13H,14,16H2,(H,24,25). The van der Waals surface area contributed by atoms with Gasteiger partial charge in [-0.2, -0.15) is 5.26 Å². The Hall–Kier alpha value is -3.38. The normalized spacial score (nSPS) is 10.0. The van der Waals surface area contributed by atoms with Gasteiger partial charge in [0.2, 0.25) is 5.91 Å². The summed E-state index contributed by atoms with van der Waals surface area (Å²) >= 11 is 0. The number of nitrogens with zero attached hydrogens (tertiary/aromatic N) is 1. The molecule has 3 aromatic rings. The molecule has 0 aliphatic carbocycles. The van der Waals surface area contributed by atoms with Crippen molar-refractivity contribution in [1.29, 1.82) is 5.26 Å². The highest BCUT2D eigenvalue weighted by Crippen LogP contribution is 2.19. The summed E-state index contributed by atoms with van der Waals surface area (Å²) in [5, 5.41) is 11.7. The maximum absolute atomic E-state index is 12.1. The van der Waals surface area contributed by atoms with Crippen LogP contribution in [0.1, 0.15) is 16.7 Å². The molecule has 25 heavy (non-hydrogen) atoms. The molecule has 3 rings (SSSR count). The third-order valence-corrected chi connectivity index (χ3v) is 4.00. The van der Waals surface area contributed by atoms with Crippen LogP contribution in [0.15, 0.2) is 78.9 Å². The fraction of sp³-hybridized carbons (Fsp3) is 0.0909. The number of amides is 1. The minimum Gasteiger partial charge on any atom is -0.352 e. The third-order valence-electron chi connectivity index (χ3n) is 4.00. The Morgan fingerprint density at radius 3 is 2.04 bits per heavy atom. The molecule has 0 aliphatic rings. The summed E-state index contributed by atoms with van der Waals surface area (Å²) in [7, 11) is 0. The number of nitrogens with one attached hydrogen (secondary N) is 1. The minimum absolute atomic E-state index is 0.0168. The Balaban J connectivity index is 1.55. The van der Waals surface area contributed by atoms with Crippen molar-refractivity contribution in [2.45, 2.75) is 13.0 Å². The van der Waals surface area contributed by atoms with E-state index in [9.17, 15) is 4.79 Å². The van der Waals surface area contributed by atoms with Gasteiger partial charge in [-0.15, -0.1) is 0 Å². The van der Waals surface area contributed by atoms with Gasteiger partial charge in [-0.1, -0.05) is 66.7 Å². The van der Waals surface area contributed by atoms with Crippen molar-refractivity contribution in [2.75, 3.05) is 0 Å². The van der Waals surface area contributed by atoms with Gasteiger partial charge in [0, 0.05) is 6.54 Å². The first-order valence-electron chi connectivity index (χ1n) is 8.15. The lowest BCUT2D eigenvalue weighted by Crippen LogP contribution is -2.24. The number of benzene rings is 3. The summed E-state index contributed by atoms with van der Waals surface area (Å²) in [5.41, 5.74) is 4.89. The molecular formula is C22H18N2O. The van der Waals surface area contributed by atoms with E-state index in [1.165, 1.54) is 5.56 Å². The number of rotatable bonds is 5. The Bertz CT molecular complexity index is 876. The van der Waals surface area contributed by atoms with Gasteiger partial charge in [0.05, 0.1) is 18.1 Å². The zero-order chi connectivity index (χ0) is 17.5. The van der Waals surface area contributed by atoms with E-state index in [1.54, 1.807) is 12.1 Å². The molecule has 0 radical (unpaired) electrons. The molecular weight excluding hydrogens is 308 g/mol. The van der Waals surface area contributed by atoms with E-state index in [0.29, 0.717) is 18.5 Å². The van der Waals surface area contributed by atoms with Crippen molar-refractivity contribution in [3.8, 4) is 17.2 Å². The summed E-state index contributed by atoms with van der Waals surface area (Å²) in [6, 6.07) is 27.5. The quantitative estimate of drug-likeness (QED) is 0.768. The van der Waals surface area contributed by atoms with Crippen molar-refractivity contribution in [2.24, 2.45) is 0 Å². The Labute approximate surface area is 147 Å². The molecule has 0 aliphatic heterocycles. The molecule has 1 amide bonds. The minimum atomic E-state index is -0.0168. The predicted molar refractivity (Wildman–Crippen MR) is 98.6 cm³/mol. The SMILES string of the molecule is N#Cc1ccc(CNC(=O)Cc2ccc(-c3ccccc3)cc2)cc1. The maximum Gasteiger partial charge on any atom is 0.224 e. The summed E-state index contributed by atoms with van der Waals surface area (Å²) in [6.45, 7) is 0.465. The Morgan fingerprint density at radius 1 is 0.800 bits per heavy atom. The van der Waals surface area contributed by atoms with Gasteiger partial charge in [0.15, 0.2) is 0 Å². The van der Waals surface area contributed by atoms with E-state index in [1.807, 2.05) is 54.6 Å². The van der Waals surface area contributed by atoms with E-state index in [0.717, 1.165) is 16.7 Å². The van der Waals surface area contributed by atoms with Gasteiger partial charge in [-0.25, -0.2) is 0 Å². The van der Waals surface area contributed by atoms with Crippen LogP contribution in [0.2, 0.25) is 0 Å². The first-order valence-corrected chi connectivity index (χ1v) is 8.15. The molecule has 1 N–H and O–H groups in total. The van der Waals surface area contributed by atoms with Crippen LogP contribution >= 0.6 is 0 Å². The van der Waals surface area contributed by atoms with Gasteiger partial charge in [-0.05, 0) is 34.4 Å². The van der Waals surface area contributed by atoms with Crippen LogP contribution in [0, 0.1) is 11.3 Å². The molecule has 0 unspecified atom stereocenters. The van der Waals surface area contributed by atoms with Crippen LogP contribution in [-0.4, -0.2) is 5.91 Å². The van der Waals surface area contributed by atoms with Crippen LogP contribution in [0.3, 0.4) is 0 Å². The average Bonchev–Trinajstić information content (AvgIpc) is 2.68. The lowest BCUT2D eigenvalue weighted by atomic mass is 10.0. The second-order valence-corrected chi connectivity index (χ2v) is 5.83. The highest BCUT2D eigenvalue weighted by molar-refractivity contribution is 5.78. The largest absolute Gasteiger partial charge is 0.352 e. The topological polar surface area (TPSA) is 52.9 Å². The molecule has 0 spiro atoms. The number of carbonyl (C=O) groups is 1. The zero-order valence-corrected chi connectivity index (χ0v) is 13.8. The molecule has 0 heterocycles. The fourth-order valence-corrected chi connectivity index (χ4v) is 2.59. The predicted octanol–water partition coefficient (Wildman–Crippen LogP) is 4.08. The first kappa shape index (κ1) is 16.5. The van der Waals surface area contributed by atoms with Gasteiger partial charge >= 0.3 is 0 Å². The van der Waals surface area contributed by atoms with Crippen LogP contribution in [0.4, 0.5) is 0 Å². The second kappa shape index (κ2) is 7.94. The Kier molecular flexibility index (Phi) is 5.23. The van der Waals surface area contributed by atoms with Crippen molar-refractivity contribution in [3.63, 3.8) is 0 Å². The van der Waals surface area contributed by atoms with Gasteiger partial charge in [0.25, 0.3) is 0 Å². The van der Waals surface area contributed by atoms with Crippen molar-refractivity contribution in [1.82, 2.24) is 5.32 Å². The Morgan fingerprint density at radius 2 is 1.40 bits per heavy atom. The summed E-state index contributed by atoms with van der Waals surface area (Å²) in [4.78, 5) is 12.1. The van der Waals surface area contributed by atoms with Crippen LogP contribution in [0.5, 0.6) is 0 Å². The maximum atomic E-state index is 12.1. The van der Waals surface area contributed by atoms with E-state index in [-0.39, 0.29) is 5.91 Å². The highest BCUT2D eigenvalue weighted by atomic mass is 16.1. The molecule has 0 saturated carbocycles. The molecule has 122 valence electrons. The number of hydrogen-bond acceptors (Lipinski definition) is 2. The molecule has 0 fully saturated rings. The summed E-state index contributed by atoms with van der Waals surface area (Å²) in [5.74, 6) is -0.0168. The molecule has 0 saturated heterocycles. The molecule has 3 nitrogen and oxygen atoms in total. The van der Waals surface area contributed by atoms with E-state index in [4.69, 9.17) is 5.26 Å². The molecule has 3 heteroatoms. The van der Waals surface area contributed by atoms with Crippen LogP contribution in [0.25, 0.3) is 11.1 Å². The summed E-state index contributed by atoms with van der Waals surface area (Å²) in [6.07, 6.45) is 0.353. The van der Waals surface area contributed by atoms with Gasteiger partial charge in [0.1, 0.15) is 0 Å². The van der Waals surface area contributed by atoms with Crippen LogP contribution < -0.4 is 5.32 Å². The van der Waals surface area contributed by atoms with E-state index in [2.05, 4.69) is 23.5 Å².